The van der Waals surface area contributed by atoms with Gasteiger partial charge in [-0.1, -0.05) is 43.7 Å². The zero-order valence-corrected chi connectivity index (χ0v) is 12.2. The van der Waals surface area contributed by atoms with Gasteiger partial charge in [-0.2, -0.15) is 0 Å². The van der Waals surface area contributed by atoms with Crippen LogP contribution in [0, 0.1) is 5.92 Å². The molecule has 1 aromatic carbocycles. The quantitative estimate of drug-likeness (QED) is 0.885. The van der Waals surface area contributed by atoms with Crippen LogP contribution in [0.15, 0.2) is 30.3 Å². The highest BCUT2D eigenvalue weighted by Crippen LogP contribution is 2.27. The number of aliphatic carboxylic acids is 1. The van der Waals surface area contributed by atoms with Crippen LogP contribution in [-0.2, 0) is 9.59 Å². The molecule has 2 rings (SSSR count). The van der Waals surface area contributed by atoms with E-state index in [4.69, 9.17) is 5.73 Å². The number of amides is 1. The van der Waals surface area contributed by atoms with E-state index in [2.05, 4.69) is 6.92 Å². The second-order valence-electron chi connectivity index (χ2n) is 5.57. The molecule has 1 saturated heterocycles. The van der Waals surface area contributed by atoms with Crippen LogP contribution in [0.3, 0.4) is 0 Å². The second-order valence-corrected chi connectivity index (χ2v) is 5.57. The lowest BCUT2D eigenvalue weighted by Gasteiger charge is -2.38. The molecule has 3 atom stereocenters. The van der Waals surface area contributed by atoms with Crippen molar-refractivity contribution in [2.24, 2.45) is 11.7 Å². The van der Waals surface area contributed by atoms with Gasteiger partial charge in [-0.3, -0.25) is 4.79 Å². The number of piperidine rings is 1. The van der Waals surface area contributed by atoms with E-state index in [1.807, 2.05) is 18.2 Å². The average molecular weight is 290 g/mol. The summed E-state index contributed by atoms with van der Waals surface area (Å²) in [7, 11) is 0. The van der Waals surface area contributed by atoms with Crippen molar-refractivity contribution in [3.63, 3.8) is 0 Å². The molecule has 0 spiro atoms. The second kappa shape index (κ2) is 6.72. The SMILES string of the molecule is CCC1CCN(C(=O)[C@H](N)c2ccccc2)C(C(=O)O)C1. The van der Waals surface area contributed by atoms with Crippen LogP contribution in [0.1, 0.15) is 37.8 Å². The van der Waals surface area contributed by atoms with E-state index in [1.54, 1.807) is 12.1 Å². The lowest BCUT2D eigenvalue weighted by atomic mass is 9.88. The highest BCUT2D eigenvalue weighted by molar-refractivity contribution is 5.88. The van der Waals surface area contributed by atoms with Crippen molar-refractivity contribution in [3.05, 3.63) is 35.9 Å². The molecule has 21 heavy (non-hydrogen) atoms. The Hall–Kier alpha value is -1.88. The van der Waals surface area contributed by atoms with Crippen molar-refractivity contribution < 1.29 is 14.7 Å². The Kier molecular flexibility index (Phi) is 4.96. The molecule has 114 valence electrons. The zero-order valence-electron chi connectivity index (χ0n) is 12.2. The fourth-order valence-corrected chi connectivity index (χ4v) is 2.89. The fraction of sp³-hybridized carbons (Fsp3) is 0.500. The van der Waals surface area contributed by atoms with Crippen LogP contribution >= 0.6 is 0 Å². The van der Waals surface area contributed by atoms with Crippen LogP contribution < -0.4 is 5.73 Å². The molecule has 5 heteroatoms. The number of nitrogens with zero attached hydrogens (tertiary/aromatic N) is 1. The standard InChI is InChI=1S/C16H22N2O3/c1-2-11-8-9-18(13(10-11)16(20)21)15(19)14(17)12-6-4-3-5-7-12/h3-7,11,13-14H,2,8-10,17H2,1H3,(H,20,21)/t11?,13?,14-/m1/s1. The number of rotatable bonds is 4. The number of carboxylic acid groups (broad SMARTS) is 1. The van der Waals surface area contributed by atoms with Crippen molar-refractivity contribution in [1.82, 2.24) is 4.90 Å². The Morgan fingerprint density at radius 3 is 2.62 bits per heavy atom. The molecule has 0 aromatic heterocycles. The van der Waals surface area contributed by atoms with Gasteiger partial charge in [0.05, 0.1) is 0 Å². The molecule has 0 radical (unpaired) electrons. The Morgan fingerprint density at radius 2 is 2.05 bits per heavy atom. The van der Waals surface area contributed by atoms with E-state index < -0.39 is 18.1 Å². The molecule has 0 bridgehead atoms. The Morgan fingerprint density at radius 1 is 1.38 bits per heavy atom. The third-order valence-corrected chi connectivity index (χ3v) is 4.28. The molecule has 3 N–H and O–H groups in total. The number of hydrogen-bond donors (Lipinski definition) is 2. The van der Waals surface area contributed by atoms with Gasteiger partial charge in [0.15, 0.2) is 0 Å². The number of carbonyl (C=O) groups excluding carboxylic acids is 1. The number of carbonyl (C=O) groups is 2. The van der Waals surface area contributed by atoms with Crippen LogP contribution in [0.2, 0.25) is 0 Å². The monoisotopic (exact) mass is 290 g/mol. The van der Waals surface area contributed by atoms with Gasteiger partial charge in [0.25, 0.3) is 0 Å². The van der Waals surface area contributed by atoms with Crippen LogP contribution in [0.5, 0.6) is 0 Å². The molecule has 2 unspecified atom stereocenters. The molecule has 1 fully saturated rings. The molecule has 1 aliphatic heterocycles. The maximum atomic E-state index is 12.5. The molecule has 1 aromatic rings. The molecule has 1 amide bonds. The van der Waals surface area contributed by atoms with Crippen LogP contribution in [0.25, 0.3) is 0 Å². The van der Waals surface area contributed by atoms with E-state index >= 15 is 0 Å². The summed E-state index contributed by atoms with van der Waals surface area (Å²) >= 11 is 0. The highest BCUT2D eigenvalue weighted by Gasteiger charge is 2.37. The van der Waals surface area contributed by atoms with Crippen molar-refractivity contribution >= 4 is 11.9 Å². The molecular weight excluding hydrogens is 268 g/mol. The third-order valence-electron chi connectivity index (χ3n) is 4.28. The molecule has 1 heterocycles. The first-order chi connectivity index (χ1) is 10.0. The normalized spacial score (nSPS) is 23.6. The van der Waals surface area contributed by atoms with E-state index in [1.165, 1.54) is 4.90 Å². The summed E-state index contributed by atoms with van der Waals surface area (Å²) in [5, 5.41) is 9.39. The largest absolute Gasteiger partial charge is 0.480 e. The summed E-state index contributed by atoms with van der Waals surface area (Å²) in [4.78, 5) is 25.4. The Labute approximate surface area is 124 Å². The van der Waals surface area contributed by atoms with Crippen LogP contribution in [-0.4, -0.2) is 34.5 Å². The molecule has 5 nitrogen and oxygen atoms in total. The van der Waals surface area contributed by atoms with Gasteiger partial charge in [-0.15, -0.1) is 0 Å². The molecular formula is C16H22N2O3. The minimum absolute atomic E-state index is 0.303. The summed E-state index contributed by atoms with van der Waals surface area (Å²) in [5.74, 6) is -0.881. The third kappa shape index (κ3) is 3.42. The number of likely N-dealkylation sites (tertiary alicyclic amines) is 1. The smallest absolute Gasteiger partial charge is 0.326 e. The minimum Gasteiger partial charge on any atom is -0.480 e. The van der Waals surface area contributed by atoms with Crippen molar-refractivity contribution in [1.29, 1.82) is 0 Å². The van der Waals surface area contributed by atoms with Gasteiger partial charge >= 0.3 is 5.97 Å². The van der Waals surface area contributed by atoms with Crippen molar-refractivity contribution in [2.75, 3.05) is 6.54 Å². The van der Waals surface area contributed by atoms with E-state index in [0.29, 0.717) is 24.4 Å². The van der Waals surface area contributed by atoms with Gasteiger partial charge in [0.1, 0.15) is 12.1 Å². The summed E-state index contributed by atoms with van der Waals surface area (Å²) in [5.41, 5.74) is 6.73. The molecule has 0 aliphatic carbocycles. The summed E-state index contributed by atoms with van der Waals surface area (Å²) < 4.78 is 0. The van der Waals surface area contributed by atoms with E-state index in [-0.39, 0.29) is 5.91 Å². The first-order valence-corrected chi connectivity index (χ1v) is 7.38. The maximum absolute atomic E-state index is 12.5. The highest BCUT2D eigenvalue weighted by atomic mass is 16.4. The summed E-state index contributed by atoms with van der Waals surface area (Å²) in [6.45, 7) is 2.52. The fourth-order valence-electron chi connectivity index (χ4n) is 2.89. The molecule has 0 saturated carbocycles. The zero-order chi connectivity index (χ0) is 15.4. The number of carboxylic acids is 1. The van der Waals surface area contributed by atoms with Crippen LogP contribution in [0.4, 0.5) is 0 Å². The lowest BCUT2D eigenvalue weighted by molar-refractivity contribution is -0.153. The van der Waals surface area contributed by atoms with Gasteiger partial charge in [0, 0.05) is 6.54 Å². The predicted octanol–water partition coefficient (Wildman–Crippen LogP) is 1.79. The van der Waals surface area contributed by atoms with Crippen molar-refractivity contribution in [3.8, 4) is 0 Å². The van der Waals surface area contributed by atoms with Gasteiger partial charge in [-0.25, -0.2) is 4.79 Å². The number of hydrogen-bond acceptors (Lipinski definition) is 3. The van der Waals surface area contributed by atoms with Gasteiger partial charge < -0.3 is 15.7 Å². The predicted molar refractivity (Wildman–Crippen MR) is 79.5 cm³/mol. The minimum atomic E-state index is -0.943. The first kappa shape index (κ1) is 15.5. The number of benzene rings is 1. The summed E-state index contributed by atoms with van der Waals surface area (Å²) in [6, 6.07) is 7.51. The Bertz CT molecular complexity index is 504. The summed E-state index contributed by atoms with van der Waals surface area (Å²) in [6.07, 6.45) is 2.29. The Balaban J connectivity index is 2.15. The van der Waals surface area contributed by atoms with Crippen molar-refractivity contribution in [2.45, 2.75) is 38.3 Å². The first-order valence-electron chi connectivity index (χ1n) is 7.38. The van der Waals surface area contributed by atoms with Gasteiger partial charge in [0.2, 0.25) is 5.91 Å². The number of nitrogens with two attached hydrogens (primary N) is 1. The topological polar surface area (TPSA) is 83.6 Å². The lowest BCUT2D eigenvalue weighted by Crippen LogP contribution is -2.52. The van der Waals surface area contributed by atoms with E-state index in [9.17, 15) is 14.7 Å². The van der Waals surface area contributed by atoms with E-state index in [0.717, 1.165) is 12.8 Å². The average Bonchev–Trinajstić information content (AvgIpc) is 2.53. The maximum Gasteiger partial charge on any atom is 0.326 e. The molecule has 1 aliphatic rings. The van der Waals surface area contributed by atoms with Gasteiger partial charge in [-0.05, 0) is 24.3 Å².